The summed E-state index contributed by atoms with van der Waals surface area (Å²) in [6.45, 7) is 2.84. The van der Waals surface area contributed by atoms with Crippen molar-refractivity contribution in [2.24, 2.45) is 0 Å². The number of nitrogens with zero attached hydrogens (tertiary/aromatic N) is 1. The van der Waals surface area contributed by atoms with Gasteiger partial charge >= 0.3 is 0 Å². The quantitative estimate of drug-likeness (QED) is 0.853. The number of aromatic nitrogens is 1. The Bertz CT molecular complexity index is 451. The maximum atomic E-state index is 5.81. The zero-order valence-electron chi connectivity index (χ0n) is 9.23. The summed E-state index contributed by atoms with van der Waals surface area (Å²) in [6, 6.07) is 4.02. The maximum absolute atomic E-state index is 5.81. The molecule has 0 aliphatic heterocycles. The van der Waals surface area contributed by atoms with Crippen molar-refractivity contribution in [1.82, 2.24) is 4.98 Å². The summed E-state index contributed by atoms with van der Waals surface area (Å²) in [5.74, 6) is 0.846. The lowest BCUT2D eigenvalue weighted by molar-refractivity contribution is 1.01. The highest BCUT2D eigenvalue weighted by molar-refractivity contribution is 7.07. The predicted molar refractivity (Wildman–Crippen MR) is 69.9 cm³/mol. The molecular weight excluding hydrogens is 218 g/mol. The van der Waals surface area contributed by atoms with Gasteiger partial charge in [0.1, 0.15) is 5.82 Å². The lowest BCUT2D eigenvalue weighted by atomic mass is 10.2. The number of thiophene rings is 1. The van der Waals surface area contributed by atoms with Crippen LogP contribution in [0.4, 0.5) is 11.5 Å². The molecule has 3 nitrogen and oxygen atoms in total. The average Bonchev–Trinajstić information content (AvgIpc) is 2.76. The highest BCUT2D eigenvalue weighted by atomic mass is 32.1. The molecule has 0 aliphatic rings. The van der Waals surface area contributed by atoms with E-state index in [4.69, 9.17) is 5.73 Å². The molecule has 0 amide bonds. The molecule has 2 aromatic heterocycles. The molecule has 84 valence electrons. The Morgan fingerprint density at radius 3 is 3.06 bits per heavy atom. The molecule has 0 bridgehead atoms. The van der Waals surface area contributed by atoms with E-state index in [1.54, 1.807) is 17.5 Å². The molecule has 16 heavy (non-hydrogen) atoms. The topological polar surface area (TPSA) is 50.9 Å². The molecule has 2 aromatic rings. The lowest BCUT2D eigenvalue weighted by Gasteiger charge is -2.06. The van der Waals surface area contributed by atoms with Crippen LogP contribution in [0.2, 0.25) is 0 Å². The van der Waals surface area contributed by atoms with Crippen molar-refractivity contribution in [1.29, 1.82) is 0 Å². The molecule has 0 saturated heterocycles. The Hall–Kier alpha value is -1.55. The molecule has 0 aliphatic carbocycles. The van der Waals surface area contributed by atoms with Crippen molar-refractivity contribution in [2.45, 2.75) is 13.3 Å². The largest absolute Gasteiger partial charge is 0.398 e. The monoisotopic (exact) mass is 233 g/mol. The Morgan fingerprint density at radius 2 is 2.38 bits per heavy atom. The molecule has 2 heterocycles. The first-order valence-electron chi connectivity index (χ1n) is 5.23. The van der Waals surface area contributed by atoms with E-state index < -0.39 is 0 Å². The first kappa shape index (κ1) is 11.0. The third-order valence-corrected chi connectivity index (χ3v) is 3.18. The van der Waals surface area contributed by atoms with Crippen LogP contribution in [0.25, 0.3) is 0 Å². The molecule has 0 unspecified atom stereocenters. The fourth-order valence-corrected chi connectivity index (χ4v) is 2.11. The fourth-order valence-electron chi connectivity index (χ4n) is 1.41. The van der Waals surface area contributed by atoms with Crippen molar-refractivity contribution in [3.63, 3.8) is 0 Å². The van der Waals surface area contributed by atoms with Crippen LogP contribution in [0.3, 0.4) is 0 Å². The zero-order valence-corrected chi connectivity index (χ0v) is 10.1. The van der Waals surface area contributed by atoms with Gasteiger partial charge in [0, 0.05) is 24.5 Å². The summed E-state index contributed by atoms with van der Waals surface area (Å²) in [5, 5.41) is 7.52. The summed E-state index contributed by atoms with van der Waals surface area (Å²) in [5.41, 5.74) is 8.97. The molecule has 0 radical (unpaired) electrons. The standard InChI is InChI=1S/C12H15N3S/c1-9-7-15-12(6-11(9)13)14-4-2-10-3-5-16-8-10/h3,5-8H,2,4H2,1H3,(H3,13,14,15). The third kappa shape index (κ3) is 2.73. The minimum Gasteiger partial charge on any atom is -0.398 e. The van der Waals surface area contributed by atoms with E-state index in [1.165, 1.54) is 5.56 Å². The first-order valence-corrected chi connectivity index (χ1v) is 6.17. The molecule has 0 aromatic carbocycles. The molecule has 0 saturated carbocycles. The van der Waals surface area contributed by atoms with Crippen LogP contribution in [-0.4, -0.2) is 11.5 Å². The van der Waals surface area contributed by atoms with E-state index in [9.17, 15) is 0 Å². The maximum Gasteiger partial charge on any atom is 0.127 e. The van der Waals surface area contributed by atoms with E-state index >= 15 is 0 Å². The average molecular weight is 233 g/mol. The van der Waals surface area contributed by atoms with Crippen LogP contribution < -0.4 is 11.1 Å². The number of hydrogen-bond donors (Lipinski definition) is 2. The third-order valence-electron chi connectivity index (χ3n) is 2.44. The van der Waals surface area contributed by atoms with Crippen molar-refractivity contribution >= 4 is 22.8 Å². The predicted octanol–water partition coefficient (Wildman–Crippen LogP) is 2.69. The molecular formula is C12H15N3S. The van der Waals surface area contributed by atoms with Crippen LogP contribution in [0.5, 0.6) is 0 Å². The van der Waals surface area contributed by atoms with E-state index in [1.807, 2.05) is 13.0 Å². The van der Waals surface area contributed by atoms with Crippen LogP contribution in [0.1, 0.15) is 11.1 Å². The summed E-state index contributed by atoms with van der Waals surface area (Å²) in [4.78, 5) is 4.27. The highest BCUT2D eigenvalue weighted by Crippen LogP contribution is 2.13. The second kappa shape index (κ2) is 4.99. The van der Waals surface area contributed by atoms with Crippen LogP contribution >= 0.6 is 11.3 Å². The van der Waals surface area contributed by atoms with Crippen molar-refractivity contribution in [2.75, 3.05) is 17.6 Å². The second-order valence-electron chi connectivity index (χ2n) is 3.73. The van der Waals surface area contributed by atoms with Gasteiger partial charge in [-0.25, -0.2) is 4.98 Å². The summed E-state index contributed by atoms with van der Waals surface area (Å²) in [6.07, 6.45) is 2.81. The minimum atomic E-state index is 0.785. The van der Waals surface area contributed by atoms with Crippen LogP contribution in [-0.2, 0) is 6.42 Å². The lowest BCUT2D eigenvalue weighted by Crippen LogP contribution is -2.06. The smallest absolute Gasteiger partial charge is 0.127 e. The van der Waals surface area contributed by atoms with Gasteiger partial charge in [0.15, 0.2) is 0 Å². The molecule has 2 rings (SSSR count). The van der Waals surface area contributed by atoms with Gasteiger partial charge in [0.2, 0.25) is 0 Å². The van der Waals surface area contributed by atoms with Crippen LogP contribution in [0.15, 0.2) is 29.1 Å². The van der Waals surface area contributed by atoms with Crippen LogP contribution in [0, 0.1) is 6.92 Å². The van der Waals surface area contributed by atoms with Crippen molar-refractivity contribution < 1.29 is 0 Å². The van der Waals surface area contributed by atoms with E-state index in [2.05, 4.69) is 27.1 Å². The second-order valence-corrected chi connectivity index (χ2v) is 4.51. The van der Waals surface area contributed by atoms with Gasteiger partial charge in [-0.15, -0.1) is 0 Å². The normalized spacial score (nSPS) is 10.3. The Kier molecular flexibility index (Phi) is 3.41. The van der Waals surface area contributed by atoms with Gasteiger partial charge in [0.05, 0.1) is 0 Å². The van der Waals surface area contributed by atoms with Gasteiger partial charge in [-0.1, -0.05) is 0 Å². The number of hydrogen-bond acceptors (Lipinski definition) is 4. The van der Waals surface area contributed by atoms with E-state index in [-0.39, 0.29) is 0 Å². The first-order chi connectivity index (χ1) is 7.75. The minimum absolute atomic E-state index is 0.785. The molecule has 4 heteroatoms. The summed E-state index contributed by atoms with van der Waals surface area (Å²) < 4.78 is 0. The van der Waals surface area contributed by atoms with Gasteiger partial charge < -0.3 is 11.1 Å². The van der Waals surface area contributed by atoms with E-state index in [0.717, 1.165) is 30.0 Å². The van der Waals surface area contributed by atoms with Crippen molar-refractivity contribution in [3.8, 4) is 0 Å². The SMILES string of the molecule is Cc1cnc(NCCc2ccsc2)cc1N. The zero-order chi connectivity index (χ0) is 11.4. The number of aryl methyl sites for hydroxylation is 1. The number of nitrogens with two attached hydrogens (primary N) is 1. The number of nitrogens with one attached hydrogen (secondary N) is 1. The highest BCUT2D eigenvalue weighted by Gasteiger charge is 1.98. The van der Waals surface area contributed by atoms with Gasteiger partial charge in [0.25, 0.3) is 0 Å². The number of pyridine rings is 1. The van der Waals surface area contributed by atoms with Crippen molar-refractivity contribution in [3.05, 3.63) is 40.2 Å². The number of anilines is 2. The van der Waals surface area contributed by atoms with Gasteiger partial charge in [-0.2, -0.15) is 11.3 Å². The molecule has 0 atom stereocenters. The molecule has 3 N–H and O–H groups in total. The Morgan fingerprint density at radius 1 is 1.50 bits per heavy atom. The summed E-state index contributed by atoms with van der Waals surface area (Å²) in [7, 11) is 0. The molecule has 0 spiro atoms. The van der Waals surface area contributed by atoms with Gasteiger partial charge in [-0.05, 0) is 41.3 Å². The number of rotatable bonds is 4. The Balaban J connectivity index is 1.87. The van der Waals surface area contributed by atoms with Gasteiger partial charge in [-0.3, -0.25) is 0 Å². The molecule has 0 fully saturated rings. The fraction of sp³-hybridized carbons (Fsp3) is 0.250. The van der Waals surface area contributed by atoms with E-state index in [0.29, 0.717) is 0 Å². The summed E-state index contributed by atoms with van der Waals surface area (Å²) >= 11 is 1.73. The number of nitrogen functional groups attached to an aromatic ring is 1. The Labute approximate surface area is 99.3 Å².